The van der Waals surface area contributed by atoms with E-state index in [9.17, 15) is 13.2 Å². The molecule has 0 amide bonds. The Hall–Kier alpha value is -0.250. The van der Waals surface area contributed by atoms with Gasteiger partial charge in [0.1, 0.15) is 0 Å². The molecule has 0 heterocycles. The van der Waals surface area contributed by atoms with E-state index >= 15 is 0 Å². The first-order valence-corrected chi connectivity index (χ1v) is 3.11. The molecule has 1 N–H and O–H groups in total. The molecule has 2 unspecified atom stereocenters. The highest BCUT2D eigenvalue weighted by Crippen LogP contribution is 2.58. The van der Waals surface area contributed by atoms with Gasteiger partial charge in [0.15, 0.2) is 5.60 Å². The highest BCUT2D eigenvalue weighted by molar-refractivity contribution is 5.12. The molecule has 1 fully saturated rings. The third-order valence-electron chi connectivity index (χ3n) is 2.48. The van der Waals surface area contributed by atoms with Crippen LogP contribution in [-0.4, -0.2) is 16.9 Å². The summed E-state index contributed by atoms with van der Waals surface area (Å²) in [6.07, 6.45) is -4.45. The van der Waals surface area contributed by atoms with Crippen molar-refractivity contribution < 1.29 is 18.3 Å². The molecule has 1 rings (SSSR count). The van der Waals surface area contributed by atoms with Gasteiger partial charge in [-0.1, -0.05) is 13.8 Å². The molecule has 1 aliphatic rings. The molecule has 0 aliphatic heterocycles. The van der Waals surface area contributed by atoms with Crippen LogP contribution in [-0.2, 0) is 0 Å². The van der Waals surface area contributed by atoms with Gasteiger partial charge < -0.3 is 5.11 Å². The molecule has 1 nitrogen and oxygen atoms in total. The van der Waals surface area contributed by atoms with Gasteiger partial charge in [-0.15, -0.1) is 0 Å². The second kappa shape index (κ2) is 1.67. The van der Waals surface area contributed by atoms with Gasteiger partial charge in [0.25, 0.3) is 0 Å². The zero-order valence-electron chi connectivity index (χ0n) is 5.74. The van der Waals surface area contributed by atoms with Crippen LogP contribution in [0.15, 0.2) is 0 Å². The number of hydrogen-bond donors (Lipinski definition) is 1. The SMILES string of the molecule is CC1C(C)C1(O)C(F)(F)F. The van der Waals surface area contributed by atoms with E-state index in [-0.39, 0.29) is 0 Å². The zero-order chi connectivity index (χ0) is 8.15. The first kappa shape index (κ1) is 7.85. The topological polar surface area (TPSA) is 20.2 Å². The van der Waals surface area contributed by atoms with Gasteiger partial charge in [0.05, 0.1) is 0 Å². The van der Waals surface area contributed by atoms with Gasteiger partial charge >= 0.3 is 6.18 Å². The zero-order valence-corrected chi connectivity index (χ0v) is 5.74. The molecule has 0 spiro atoms. The van der Waals surface area contributed by atoms with E-state index in [1.54, 1.807) is 0 Å². The lowest BCUT2D eigenvalue weighted by atomic mass is 10.2. The van der Waals surface area contributed by atoms with Crippen molar-refractivity contribution in [3.8, 4) is 0 Å². The fourth-order valence-electron chi connectivity index (χ4n) is 1.27. The molecule has 4 heteroatoms. The Morgan fingerprint density at radius 3 is 1.50 bits per heavy atom. The summed E-state index contributed by atoms with van der Waals surface area (Å²) in [5.41, 5.74) is -2.40. The fourth-order valence-corrected chi connectivity index (χ4v) is 1.27. The van der Waals surface area contributed by atoms with E-state index in [0.29, 0.717) is 0 Å². The maximum absolute atomic E-state index is 11.9. The summed E-state index contributed by atoms with van der Waals surface area (Å²) in [6, 6.07) is 0. The quantitative estimate of drug-likeness (QED) is 0.561. The van der Waals surface area contributed by atoms with Crippen LogP contribution in [0, 0.1) is 11.8 Å². The molecule has 1 aliphatic carbocycles. The third kappa shape index (κ3) is 0.682. The van der Waals surface area contributed by atoms with Crippen molar-refractivity contribution in [3.63, 3.8) is 0 Å². The van der Waals surface area contributed by atoms with Crippen molar-refractivity contribution in [1.82, 2.24) is 0 Å². The smallest absolute Gasteiger partial charge is 0.380 e. The summed E-state index contributed by atoms with van der Waals surface area (Å²) < 4.78 is 35.6. The molecule has 2 atom stereocenters. The molecule has 0 aromatic heterocycles. The summed E-state index contributed by atoms with van der Waals surface area (Å²) in [4.78, 5) is 0. The van der Waals surface area contributed by atoms with Crippen LogP contribution >= 0.6 is 0 Å². The van der Waals surface area contributed by atoms with E-state index in [0.717, 1.165) is 0 Å². The largest absolute Gasteiger partial charge is 0.417 e. The Labute approximate surface area is 56.8 Å². The highest BCUT2D eigenvalue weighted by atomic mass is 19.4. The Bertz CT molecular complexity index is 144. The van der Waals surface area contributed by atoms with Crippen LogP contribution in [0.3, 0.4) is 0 Å². The summed E-state index contributed by atoms with van der Waals surface area (Å²) in [5, 5.41) is 8.88. The van der Waals surface area contributed by atoms with Crippen molar-refractivity contribution in [2.24, 2.45) is 11.8 Å². The number of hydrogen-bond acceptors (Lipinski definition) is 1. The van der Waals surface area contributed by atoms with Gasteiger partial charge in [-0.2, -0.15) is 13.2 Å². The van der Waals surface area contributed by atoms with Crippen LogP contribution in [0.25, 0.3) is 0 Å². The molecule has 60 valence electrons. The van der Waals surface area contributed by atoms with Crippen molar-refractivity contribution >= 4 is 0 Å². The Kier molecular flexibility index (Phi) is 1.31. The minimum absolute atomic E-state index is 0.646. The molecular weight excluding hydrogens is 145 g/mol. The van der Waals surface area contributed by atoms with E-state index < -0.39 is 23.6 Å². The number of alkyl halides is 3. The van der Waals surface area contributed by atoms with Gasteiger partial charge in [-0.25, -0.2) is 0 Å². The lowest BCUT2D eigenvalue weighted by Gasteiger charge is -2.13. The van der Waals surface area contributed by atoms with Crippen molar-refractivity contribution in [2.45, 2.75) is 25.6 Å². The normalized spacial score (nSPS) is 47.4. The monoisotopic (exact) mass is 154 g/mol. The van der Waals surface area contributed by atoms with Crippen molar-refractivity contribution in [1.29, 1.82) is 0 Å². The standard InChI is InChI=1S/C6H9F3O/c1-3-4(2)5(3,10)6(7,8)9/h3-4,10H,1-2H3. The molecule has 0 aromatic rings. The number of rotatable bonds is 0. The Balaban J connectivity index is 2.75. The summed E-state index contributed by atoms with van der Waals surface area (Å²) in [6.45, 7) is 2.80. The summed E-state index contributed by atoms with van der Waals surface area (Å²) in [7, 11) is 0. The minimum atomic E-state index is -4.45. The van der Waals surface area contributed by atoms with Crippen molar-refractivity contribution in [3.05, 3.63) is 0 Å². The third-order valence-corrected chi connectivity index (χ3v) is 2.48. The molecule has 1 saturated carbocycles. The molecule has 0 radical (unpaired) electrons. The van der Waals surface area contributed by atoms with E-state index in [2.05, 4.69) is 0 Å². The summed E-state index contributed by atoms with van der Waals surface area (Å²) in [5.74, 6) is -1.29. The molecule has 0 aromatic carbocycles. The average molecular weight is 154 g/mol. The minimum Gasteiger partial charge on any atom is -0.380 e. The van der Waals surface area contributed by atoms with Gasteiger partial charge in [-0.05, 0) is 11.8 Å². The lowest BCUT2D eigenvalue weighted by Crippen LogP contribution is -2.33. The average Bonchev–Trinajstić information content (AvgIpc) is 2.19. The van der Waals surface area contributed by atoms with Gasteiger partial charge in [-0.3, -0.25) is 0 Å². The molecule has 0 bridgehead atoms. The van der Waals surface area contributed by atoms with Crippen LogP contribution in [0.4, 0.5) is 13.2 Å². The lowest BCUT2D eigenvalue weighted by molar-refractivity contribution is -0.227. The Morgan fingerprint density at radius 2 is 1.50 bits per heavy atom. The van der Waals surface area contributed by atoms with Crippen LogP contribution in [0.1, 0.15) is 13.8 Å². The maximum atomic E-state index is 11.9. The van der Waals surface area contributed by atoms with E-state index in [1.807, 2.05) is 0 Å². The highest BCUT2D eigenvalue weighted by Gasteiger charge is 2.73. The fraction of sp³-hybridized carbons (Fsp3) is 1.00. The van der Waals surface area contributed by atoms with Crippen molar-refractivity contribution in [2.75, 3.05) is 0 Å². The predicted molar refractivity (Wildman–Crippen MR) is 29.3 cm³/mol. The number of aliphatic hydroxyl groups is 1. The first-order valence-electron chi connectivity index (χ1n) is 3.11. The number of halogens is 3. The second-order valence-electron chi connectivity index (χ2n) is 2.90. The van der Waals surface area contributed by atoms with E-state index in [1.165, 1.54) is 13.8 Å². The van der Waals surface area contributed by atoms with Crippen LogP contribution in [0.2, 0.25) is 0 Å². The maximum Gasteiger partial charge on any atom is 0.417 e. The first-order chi connectivity index (χ1) is 4.32. The summed E-state index contributed by atoms with van der Waals surface area (Å²) >= 11 is 0. The second-order valence-corrected chi connectivity index (χ2v) is 2.90. The Morgan fingerprint density at radius 1 is 1.20 bits per heavy atom. The van der Waals surface area contributed by atoms with E-state index in [4.69, 9.17) is 5.11 Å². The molecule has 0 saturated heterocycles. The van der Waals surface area contributed by atoms with Crippen LogP contribution < -0.4 is 0 Å². The van der Waals surface area contributed by atoms with Crippen LogP contribution in [0.5, 0.6) is 0 Å². The molecule has 10 heavy (non-hydrogen) atoms. The predicted octanol–water partition coefficient (Wildman–Crippen LogP) is 1.57. The van der Waals surface area contributed by atoms with Gasteiger partial charge in [0, 0.05) is 0 Å². The molecular formula is C6H9F3O. The van der Waals surface area contributed by atoms with Gasteiger partial charge in [0.2, 0.25) is 0 Å².